The van der Waals surface area contributed by atoms with Crippen molar-refractivity contribution in [2.45, 2.75) is 45.3 Å². The molecule has 1 aromatic carbocycles. The van der Waals surface area contributed by atoms with Gasteiger partial charge in [0.25, 0.3) is 5.91 Å². The number of aromatic nitrogens is 1. The van der Waals surface area contributed by atoms with Crippen molar-refractivity contribution in [3.8, 4) is 5.75 Å². The minimum Gasteiger partial charge on any atom is -0.483 e. The molecule has 1 saturated heterocycles. The Balaban J connectivity index is 1.80. The van der Waals surface area contributed by atoms with E-state index in [-0.39, 0.29) is 29.7 Å². The second-order valence-corrected chi connectivity index (χ2v) is 7.08. The van der Waals surface area contributed by atoms with Crippen LogP contribution in [-0.2, 0) is 13.0 Å². The molecule has 0 radical (unpaired) electrons. The number of ether oxygens (including phenoxy) is 1. The van der Waals surface area contributed by atoms with Crippen LogP contribution in [0, 0.1) is 0 Å². The molecule has 1 fully saturated rings. The Bertz CT molecular complexity index is 873. The molecule has 5 nitrogen and oxygen atoms in total. The van der Waals surface area contributed by atoms with Crippen molar-refractivity contribution < 1.29 is 9.53 Å². The lowest BCUT2D eigenvalue weighted by Gasteiger charge is -2.36. The van der Waals surface area contributed by atoms with Crippen molar-refractivity contribution in [2.75, 3.05) is 13.1 Å². The van der Waals surface area contributed by atoms with Crippen molar-refractivity contribution in [1.29, 1.82) is 0 Å². The van der Waals surface area contributed by atoms with Gasteiger partial charge < -0.3 is 14.2 Å². The SMILES string of the molecule is CCc1cc(=O)c(OCc2ccccc2)c2n1C1CCCCN(C1)C2=O. The van der Waals surface area contributed by atoms with Crippen LogP contribution in [0.2, 0.25) is 0 Å². The first-order valence-electron chi connectivity index (χ1n) is 9.43. The van der Waals surface area contributed by atoms with Gasteiger partial charge >= 0.3 is 0 Å². The number of benzene rings is 1. The van der Waals surface area contributed by atoms with Crippen LogP contribution in [0.1, 0.15) is 54.0 Å². The fourth-order valence-electron chi connectivity index (χ4n) is 4.08. The molecule has 136 valence electrons. The number of nitrogens with zero attached hydrogens (tertiary/aromatic N) is 2. The molecule has 0 aliphatic carbocycles. The lowest BCUT2D eigenvalue weighted by Crippen LogP contribution is -2.44. The van der Waals surface area contributed by atoms with Crippen LogP contribution in [0.3, 0.4) is 0 Å². The molecule has 0 N–H and O–H groups in total. The molecule has 2 aliphatic heterocycles. The number of hydrogen-bond acceptors (Lipinski definition) is 3. The highest BCUT2D eigenvalue weighted by Gasteiger charge is 2.36. The van der Waals surface area contributed by atoms with E-state index in [1.807, 2.05) is 42.2 Å². The van der Waals surface area contributed by atoms with E-state index in [2.05, 4.69) is 4.57 Å². The molecule has 1 unspecified atom stereocenters. The zero-order valence-corrected chi connectivity index (χ0v) is 15.1. The van der Waals surface area contributed by atoms with E-state index in [0.29, 0.717) is 5.69 Å². The zero-order chi connectivity index (χ0) is 18.1. The van der Waals surface area contributed by atoms with E-state index < -0.39 is 0 Å². The van der Waals surface area contributed by atoms with Crippen LogP contribution in [0.4, 0.5) is 0 Å². The average molecular weight is 352 g/mol. The number of carbonyl (C=O) groups is 1. The molecule has 0 spiro atoms. The maximum Gasteiger partial charge on any atom is 0.274 e. The third-order valence-corrected chi connectivity index (χ3v) is 5.38. The smallest absolute Gasteiger partial charge is 0.274 e. The lowest BCUT2D eigenvalue weighted by atomic mass is 10.0. The molecule has 4 rings (SSSR count). The van der Waals surface area contributed by atoms with Gasteiger partial charge in [-0.15, -0.1) is 0 Å². The second-order valence-electron chi connectivity index (χ2n) is 7.08. The Hall–Kier alpha value is -2.56. The second kappa shape index (κ2) is 6.98. The fraction of sp³-hybridized carbons (Fsp3) is 0.429. The van der Waals surface area contributed by atoms with E-state index in [1.54, 1.807) is 6.07 Å². The quantitative estimate of drug-likeness (QED) is 0.849. The number of rotatable bonds is 4. The Kier molecular flexibility index (Phi) is 4.53. The molecule has 0 saturated carbocycles. The van der Waals surface area contributed by atoms with Gasteiger partial charge in [0.05, 0.1) is 6.04 Å². The predicted molar refractivity (Wildman–Crippen MR) is 99.6 cm³/mol. The van der Waals surface area contributed by atoms with Gasteiger partial charge in [0.15, 0.2) is 11.4 Å². The summed E-state index contributed by atoms with van der Waals surface area (Å²) in [5.74, 6) is 0.131. The van der Waals surface area contributed by atoms with E-state index >= 15 is 0 Å². The van der Waals surface area contributed by atoms with Gasteiger partial charge in [-0.1, -0.05) is 37.3 Å². The first kappa shape index (κ1) is 16.9. The van der Waals surface area contributed by atoms with Gasteiger partial charge in [0, 0.05) is 24.8 Å². The van der Waals surface area contributed by atoms with Crippen LogP contribution in [0.5, 0.6) is 5.75 Å². The van der Waals surface area contributed by atoms with Gasteiger partial charge in [0.2, 0.25) is 5.43 Å². The molecule has 1 atom stereocenters. The molecular formula is C21H24N2O3. The molecule has 26 heavy (non-hydrogen) atoms. The summed E-state index contributed by atoms with van der Waals surface area (Å²) in [6.45, 7) is 3.81. The highest BCUT2D eigenvalue weighted by Crippen LogP contribution is 2.33. The van der Waals surface area contributed by atoms with Crippen LogP contribution in [0.25, 0.3) is 0 Å². The van der Waals surface area contributed by atoms with E-state index in [1.165, 1.54) is 0 Å². The van der Waals surface area contributed by atoms with E-state index in [4.69, 9.17) is 4.74 Å². The van der Waals surface area contributed by atoms with Crippen molar-refractivity contribution in [1.82, 2.24) is 9.47 Å². The van der Waals surface area contributed by atoms with Gasteiger partial charge in [-0.2, -0.15) is 0 Å². The minimum atomic E-state index is -0.197. The summed E-state index contributed by atoms with van der Waals surface area (Å²) < 4.78 is 8.01. The Morgan fingerprint density at radius 1 is 1.15 bits per heavy atom. The molecule has 2 aliphatic rings. The van der Waals surface area contributed by atoms with Crippen LogP contribution in [-0.4, -0.2) is 28.5 Å². The molecule has 5 heteroatoms. The summed E-state index contributed by atoms with van der Waals surface area (Å²) in [5.41, 5.74) is 2.16. The third kappa shape index (κ3) is 2.91. The average Bonchev–Trinajstić information content (AvgIpc) is 2.89. The number of pyridine rings is 1. The van der Waals surface area contributed by atoms with E-state index in [0.717, 1.165) is 50.0 Å². The molecule has 2 aromatic rings. The third-order valence-electron chi connectivity index (χ3n) is 5.38. The highest BCUT2D eigenvalue weighted by molar-refractivity contribution is 5.96. The summed E-state index contributed by atoms with van der Waals surface area (Å²) in [4.78, 5) is 27.7. The van der Waals surface area contributed by atoms with Crippen molar-refractivity contribution in [3.63, 3.8) is 0 Å². The van der Waals surface area contributed by atoms with Crippen LogP contribution < -0.4 is 10.2 Å². The summed E-state index contributed by atoms with van der Waals surface area (Å²) in [7, 11) is 0. The standard InChI is InChI=1S/C21H24N2O3/c1-2-16-12-18(24)20(26-14-15-8-4-3-5-9-15)19-21(25)22-11-7-6-10-17(13-22)23(16)19/h3-5,8-9,12,17H,2,6-7,10-11,13-14H2,1H3. The van der Waals surface area contributed by atoms with Gasteiger partial charge in [-0.3, -0.25) is 9.59 Å². The largest absolute Gasteiger partial charge is 0.483 e. The molecule has 1 aromatic heterocycles. The van der Waals surface area contributed by atoms with Crippen LogP contribution >= 0.6 is 0 Å². The zero-order valence-electron chi connectivity index (χ0n) is 15.1. The van der Waals surface area contributed by atoms with Gasteiger partial charge in [-0.25, -0.2) is 0 Å². The highest BCUT2D eigenvalue weighted by atomic mass is 16.5. The van der Waals surface area contributed by atoms with Crippen LogP contribution in [0.15, 0.2) is 41.2 Å². The van der Waals surface area contributed by atoms with Crippen molar-refractivity contribution in [2.24, 2.45) is 0 Å². The maximum atomic E-state index is 13.1. The van der Waals surface area contributed by atoms with Crippen molar-refractivity contribution in [3.05, 3.63) is 63.6 Å². The number of aryl methyl sites for hydroxylation is 1. The van der Waals surface area contributed by atoms with Gasteiger partial charge in [-0.05, 0) is 31.2 Å². The molecule has 1 amide bonds. The number of fused-ring (bicyclic) bond motifs is 4. The first-order chi connectivity index (χ1) is 12.7. The normalized spacial score (nSPS) is 19.0. The Morgan fingerprint density at radius 2 is 1.96 bits per heavy atom. The molecule has 2 bridgehead atoms. The number of amides is 1. The summed E-state index contributed by atoms with van der Waals surface area (Å²) >= 11 is 0. The lowest BCUT2D eigenvalue weighted by molar-refractivity contribution is 0.0673. The topological polar surface area (TPSA) is 51.5 Å². The number of hydrogen-bond donors (Lipinski definition) is 0. The minimum absolute atomic E-state index is 0.0707. The molecular weight excluding hydrogens is 328 g/mol. The first-order valence-corrected chi connectivity index (χ1v) is 9.43. The summed E-state index contributed by atoms with van der Waals surface area (Å²) in [6.07, 6.45) is 3.88. The monoisotopic (exact) mass is 352 g/mol. The fourth-order valence-corrected chi connectivity index (χ4v) is 4.08. The van der Waals surface area contributed by atoms with Crippen molar-refractivity contribution >= 4 is 5.91 Å². The van der Waals surface area contributed by atoms with Gasteiger partial charge in [0.1, 0.15) is 6.61 Å². The number of carbonyl (C=O) groups excluding carboxylic acids is 1. The summed E-state index contributed by atoms with van der Waals surface area (Å²) in [5, 5.41) is 0. The molecule has 3 heterocycles. The Morgan fingerprint density at radius 3 is 2.73 bits per heavy atom. The maximum absolute atomic E-state index is 13.1. The van der Waals surface area contributed by atoms with E-state index in [9.17, 15) is 9.59 Å². The Labute approximate surface area is 153 Å². The summed E-state index contributed by atoms with van der Waals surface area (Å²) in [6, 6.07) is 11.6. The predicted octanol–water partition coefficient (Wildman–Crippen LogP) is 3.17.